The Bertz CT molecular complexity index is 846. The van der Waals surface area contributed by atoms with Gasteiger partial charge in [-0.1, -0.05) is 12.1 Å². The number of ether oxygens (including phenoxy) is 2. The second kappa shape index (κ2) is 7.81. The summed E-state index contributed by atoms with van der Waals surface area (Å²) in [4.78, 5) is 17.7. The number of hydrogen-bond acceptors (Lipinski definition) is 5. The van der Waals surface area contributed by atoms with Crippen LogP contribution >= 0.6 is 11.3 Å². The second-order valence-electron chi connectivity index (χ2n) is 5.28. The number of carbonyl (C=O) groups is 1. The van der Waals surface area contributed by atoms with Crippen molar-refractivity contribution in [3.63, 3.8) is 0 Å². The van der Waals surface area contributed by atoms with Crippen molar-refractivity contribution in [2.45, 2.75) is 6.54 Å². The Morgan fingerprint density at radius 1 is 1.12 bits per heavy atom. The molecular weight excluding hydrogens is 336 g/mol. The lowest BCUT2D eigenvalue weighted by Gasteiger charge is -2.10. The van der Waals surface area contributed by atoms with Crippen LogP contribution in [0.25, 0.3) is 10.6 Å². The van der Waals surface area contributed by atoms with Gasteiger partial charge in [0, 0.05) is 12.7 Å². The maximum absolute atomic E-state index is 12.3. The average molecular weight is 354 g/mol. The van der Waals surface area contributed by atoms with E-state index in [9.17, 15) is 4.79 Å². The van der Waals surface area contributed by atoms with Crippen LogP contribution in [0.2, 0.25) is 0 Å². The van der Waals surface area contributed by atoms with Crippen molar-refractivity contribution in [3.05, 3.63) is 65.2 Å². The third-order valence-electron chi connectivity index (χ3n) is 3.70. The molecule has 1 aromatic carbocycles. The number of amides is 1. The highest BCUT2D eigenvalue weighted by atomic mass is 32.1. The van der Waals surface area contributed by atoms with Gasteiger partial charge in [-0.2, -0.15) is 0 Å². The first-order chi connectivity index (χ1) is 12.2. The van der Waals surface area contributed by atoms with Crippen LogP contribution in [0.15, 0.2) is 54.0 Å². The number of nitrogens with one attached hydrogen (secondary N) is 1. The summed E-state index contributed by atoms with van der Waals surface area (Å²) >= 11 is 1.62. The molecule has 0 unspecified atom stereocenters. The number of carbonyl (C=O) groups excluding carboxylic acids is 1. The molecule has 0 aliphatic heterocycles. The fraction of sp³-hybridized carbons (Fsp3) is 0.158. The van der Waals surface area contributed by atoms with E-state index in [1.807, 2.05) is 41.8 Å². The first-order valence-corrected chi connectivity index (χ1v) is 8.58. The summed E-state index contributed by atoms with van der Waals surface area (Å²) in [5, 5.41) is 4.89. The topological polar surface area (TPSA) is 60.5 Å². The summed E-state index contributed by atoms with van der Waals surface area (Å²) in [7, 11) is 3.17. The average Bonchev–Trinajstić information content (AvgIpc) is 3.20. The van der Waals surface area contributed by atoms with Gasteiger partial charge in [-0.3, -0.25) is 9.78 Å². The SMILES string of the molecule is COc1ccc(CNC(=O)c2ccc(-c3cccs3)nc2)cc1OC. The van der Waals surface area contributed by atoms with Crippen molar-refractivity contribution in [2.24, 2.45) is 0 Å². The molecule has 0 fully saturated rings. The molecule has 2 aromatic heterocycles. The molecule has 2 heterocycles. The molecule has 0 radical (unpaired) electrons. The molecule has 6 heteroatoms. The third kappa shape index (κ3) is 3.97. The predicted molar refractivity (Wildman–Crippen MR) is 98.3 cm³/mol. The Labute approximate surface area is 150 Å². The Hall–Kier alpha value is -2.86. The number of nitrogens with zero attached hydrogens (tertiary/aromatic N) is 1. The summed E-state index contributed by atoms with van der Waals surface area (Å²) in [6.45, 7) is 0.395. The van der Waals surface area contributed by atoms with Gasteiger partial charge in [0.2, 0.25) is 0 Å². The summed E-state index contributed by atoms with van der Waals surface area (Å²) in [5.41, 5.74) is 2.32. The van der Waals surface area contributed by atoms with E-state index in [1.165, 1.54) is 0 Å². The Balaban J connectivity index is 1.64. The normalized spacial score (nSPS) is 10.3. The molecule has 0 saturated carbocycles. The van der Waals surface area contributed by atoms with Crippen molar-refractivity contribution in [3.8, 4) is 22.1 Å². The molecule has 0 spiro atoms. The Morgan fingerprint density at radius 3 is 2.60 bits per heavy atom. The minimum Gasteiger partial charge on any atom is -0.493 e. The molecule has 25 heavy (non-hydrogen) atoms. The van der Waals surface area contributed by atoms with Gasteiger partial charge in [-0.15, -0.1) is 11.3 Å². The molecule has 0 aliphatic rings. The number of thiophene rings is 1. The molecule has 128 valence electrons. The zero-order valence-electron chi connectivity index (χ0n) is 14.0. The quantitative estimate of drug-likeness (QED) is 0.732. The van der Waals surface area contributed by atoms with Crippen molar-refractivity contribution in [1.82, 2.24) is 10.3 Å². The number of pyridine rings is 1. The highest BCUT2D eigenvalue weighted by Crippen LogP contribution is 2.27. The van der Waals surface area contributed by atoms with Crippen LogP contribution in [-0.2, 0) is 6.54 Å². The fourth-order valence-corrected chi connectivity index (χ4v) is 3.08. The van der Waals surface area contributed by atoms with Crippen LogP contribution in [0.1, 0.15) is 15.9 Å². The molecule has 0 saturated heterocycles. The van der Waals surface area contributed by atoms with Crippen molar-refractivity contribution >= 4 is 17.2 Å². The molecule has 5 nitrogen and oxygen atoms in total. The van der Waals surface area contributed by atoms with E-state index in [0.717, 1.165) is 16.1 Å². The van der Waals surface area contributed by atoms with Crippen molar-refractivity contribution in [2.75, 3.05) is 14.2 Å². The maximum Gasteiger partial charge on any atom is 0.253 e. The summed E-state index contributed by atoms with van der Waals surface area (Å²) in [6.07, 6.45) is 1.60. The van der Waals surface area contributed by atoms with E-state index in [2.05, 4.69) is 10.3 Å². The van der Waals surface area contributed by atoms with Gasteiger partial charge < -0.3 is 14.8 Å². The molecule has 3 rings (SSSR count). The molecule has 0 bridgehead atoms. The number of benzene rings is 1. The Morgan fingerprint density at radius 2 is 1.96 bits per heavy atom. The number of methoxy groups -OCH3 is 2. The summed E-state index contributed by atoms with van der Waals surface area (Å²) < 4.78 is 10.5. The third-order valence-corrected chi connectivity index (χ3v) is 4.59. The minimum atomic E-state index is -0.167. The van der Waals surface area contributed by atoms with E-state index in [4.69, 9.17) is 9.47 Å². The monoisotopic (exact) mass is 354 g/mol. The first kappa shape index (κ1) is 17.0. The lowest BCUT2D eigenvalue weighted by atomic mass is 10.2. The highest BCUT2D eigenvalue weighted by molar-refractivity contribution is 7.13. The molecule has 3 aromatic rings. The zero-order valence-corrected chi connectivity index (χ0v) is 14.8. The molecule has 0 atom stereocenters. The van der Waals surface area contributed by atoms with Gasteiger partial charge >= 0.3 is 0 Å². The van der Waals surface area contributed by atoms with E-state index in [1.54, 1.807) is 37.8 Å². The van der Waals surface area contributed by atoms with E-state index >= 15 is 0 Å². The standard InChI is InChI=1S/C19H18N2O3S/c1-23-16-8-5-13(10-17(16)24-2)11-21-19(22)14-6-7-15(20-12-14)18-4-3-9-25-18/h3-10,12H,11H2,1-2H3,(H,21,22). The van der Waals surface area contributed by atoms with Crippen LogP contribution in [-0.4, -0.2) is 25.1 Å². The molecule has 1 amide bonds. The minimum absolute atomic E-state index is 0.167. The Kier molecular flexibility index (Phi) is 5.30. The van der Waals surface area contributed by atoms with E-state index < -0.39 is 0 Å². The summed E-state index contributed by atoms with van der Waals surface area (Å²) in [5.74, 6) is 1.13. The largest absolute Gasteiger partial charge is 0.493 e. The van der Waals surface area contributed by atoms with Gasteiger partial charge in [0.1, 0.15) is 0 Å². The van der Waals surface area contributed by atoms with E-state index in [0.29, 0.717) is 23.6 Å². The number of rotatable bonds is 6. The molecule has 0 aliphatic carbocycles. The van der Waals surface area contributed by atoms with Gasteiger partial charge in [0.15, 0.2) is 11.5 Å². The molecular formula is C19H18N2O3S. The van der Waals surface area contributed by atoms with Gasteiger partial charge in [-0.05, 0) is 41.3 Å². The van der Waals surface area contributed by atoms with Gasteiger partial charge in [-0.25, -0.2) is 0 Å². The zero-order chi connectivity index (χ0) is 17.6. The van der Waals surface area contributed by atoms with Gasteiger partial charge in [0.25, 0.3) is 5.91 Å². The lowest BCUT2D eigenvalue weighted by Crippen LogP contribution is -2.22. The number of aromatic nitrogens is 1. The highest BCUT2D eigenvalue weighted by Gasteiger charge is 2.09. The summed E-state index contributed by atoms with van der Waals surface area (Å²) in [6, 6.07) is 13.2. The molecule has 1 N–H and O–H groups in total. The maximum atomic E-state index is 12.3. The lowest BCUT2D eigenvalue weighted by molar-refractivity contribution is 0.0950. The van der Waals surface area contributed by atoms with Gasteiger partial charge in [0.05, 0.1) is 30.4 Å². The number of hydrogen-bond donors (Lipinski definition) is 1. The van der Waals surface area contributed by atoms with Crippen molar-refractivity contribution < 1.29 is 14.3 Å². The smallest absolute Gasteiger partial charge is 0.253 e. The van der Waals surface area contributed by atoms with Crippen LogP contribution in [0.3, 0.4) is 0 Å². The van der Waals surface area contributed by atoms with E-state index in [-0.39, 0.29) is 5.91 Å². The second-order valence-corrected chi connectivity index (χ2v) is 6.23. The van der Waals surface area contributed by atoms with Crippen molar-refractivity contribution in [1.29, 1.82) is 0 Å². The van der Waals surface area contributed by atoms with Crippen LogP contribution < -0.4 is 14.8 Å². The van der Waals surface area contributed by atoms with Crippen LogP contribution in [0, 0.1) is 0 Å². The first-order valence-electron chi connectivity index (χ1n) is 7.70. The van der Waals surface area contributed by atoms with Crippen LogP contribution in [0.4, 0.5) is 0 Å². The predicted octanol–water partition coefficient (Wildman–Crippen LogP) is 3.76. The fourth-order valence-electron chi connectivity index (χ4n) is 2.37. The van der Waals surface area contributed by atoms with Crippen LogP contribution in [0.5, 0.6) is 11.5 Å².